The number of ether oxygens (including phenoxy) is 2. The molecule has 0 spiro atoms. The van der Waals surface area contributed by atoms with Crippen LogP contribution in [-0.2, 0) is 0 Å². The molecule has 0 aliphatic heterocycles. The van der Waals surface area contributed by atoms with Gasteiger partial charge in [0.05, 0.1) is 18.1 Å². The lowest BCUT2D eigenvalue weighted by atomic mass is 10.2. The van der Waals surface area contributed by atoms with E-state index in [1.54, 1.807) is 0 Å². The number of hydrogen-bond acceptors (Lipinski definition) is 4. The molecule has 0 heterocycles. The van der Waals surface area contributed by atoms with Gasteiger partial charge >= 0.3 is 5.69 Å². The summed E-state index contributed by atoms with van der Waals surface area (Å²) in [5, 5.41) is 10.4. The Bertz CT molecular complexity index is 397. The number of halogens is 2. The summed E-state index contributed by atoms with van der Waals surface area (Å²) in [6.07, 6.45) is 0. The lowest BCUT2D eigenvalue weighted by Crippen LogP contribution is -2.02. The molecule has 0 amide bonds. The molecule has 16 heavy (non-hydrogen) atoms. The van der Waals surface area contributed by atoms with Crippen LogP contribution >= 0.6 is 0 Å². The maximum atomic E-state index is 13.2. The van der Waals surface area contributed by atoms with E-state index in [0.717, 1.165) is 12.1 Å². The SMILES string of the molecule is COc1cc([N+](=O)[O-])c(F)cc1OCCF. The fraction of sp³-hybridized carbons (Fsp3) is 0.333. The fourth-order valence-corrected chi connectivity index (χ4v) is 1.09. The molecule has 0 N–H and O–H groups in total. The average molecular weight is 233 g/mol. The van der Waals surface area contributed by atoms with E-state index in [4.69, 9.17) is 9.47 Å². The van der Waals surface area contributed by atoms with Crippen molar-refractivity contribution in [1.82, 2.24) is 0 Å². The molecule has 0 aliphatic carbocycles. The zero-order valence-electron chi connectivity index (χ0n) is 8.41. The van der Waals surface area contributed by atoms with Crippen LogP contribution in [0.2, 0.25) is 0 Å². The van der Waals surface area contributed by atoms with Gasteiger partial charge in [0.1, 0.15) is 13.3 Å². The van der Waals surface area contributed by atoms with Crippen molar-refractivity contribution in [3.8, 4) is 11.5 Å². The van der Waals surface area contributed by atoms with Crippen molar-refractivity contribution < 1.29 is 23.2 Å². The van der Waals surface area contributed by atoms with Gasteiger partial charge in [-0.3, -0.25) is 10.1 Å². The first-order chi connectivity index (χ1) is 7.60. The topological polar surface area (TPSA) is 61.6 Å². The number of nitro benzene ring substituents is 1. The van der Waals surface area contributed by atoms with Crippen molar-refractivity contribution in [1.29, 1.82) is 0 Å². The van der Waals surface area contributed by atoms with E-state index in [2.05, 4.69) is 0 Å². The predicted octanol–water partition coefficient (Wildman–Crippen LogP) is 2.09. The molecular formula is C9H9F2NO4. The summed E-state index contributed by atoms with van der Waals surface area (Å²) < 4.78 is 34.6. The van der Waals surface area contributed by atoms with Gasteiger partial charge in [-0.1, -0.05) is 0 Å². The first kappa shape index (κ1) is 12.2. The largest absolute Gasteiger partial charge is 0.493 e. The van der Waals surface area contributed by atoms with E-state index in [1.807, 2.05) is 0 Å². The minimum atomic E-state index is -1.06. The van der Waals surface area contributed by atoms with Gasteiger partial charge in [0.2, 0.25) is 5.82 Å². The minimum Gasteiger partial charge on any atom is -0.493 e. The van der Waals surface area contributed by atoms with Crippen molar-refractivity contribution in [2.24, 2.45) is 0 Å². The second kappa shape index (κ2) is 5.24. The van der Waals surface area contributed by atoms with Crippen LogP contribution in [0.5, 0.6) is 11.5 Å². The van der Waals surface area contributed by atoms with E-state index >= 15 is 0 Å². The van der Waals surface area contributed by atoms with E-state index < -0.39 is 23.1 Å². The molecule has 0 fully saturated rings. The predicted molar refractivity (Wildman–Crippen MR) is 51.1 cm³/mol. The van der Waals surface area contributed by atoms with Crippen LogP contribution in [0.15, 0.2) is 12.1 Å². The Morgan fingerprint density at radius 1 is 1.44 bits per heavy atom. The van der Waals surface area contributed by atoms with E-state index in [-0.39, 0.29) is 18.1 Å². The number of rotatable bonds is 5. The highest BCUT2D eigenvalue weighted by Crippen LogP contribution is 2.33. The van der Waals surface area contributed by atoms with Crippen LogP contribution in [0.1, 0.15) is 0 Å². The smallest absolute Gasteiger partial charge is 0.308 e. The van der Waals surface area contributed by atoms with Gasteiger partial charge in [-0.2, -0.15) is 4.39 Å². The van der Waals surface area contributed by atoms with E-state index in [9.17, 15) is 18.9 Å². The van der Waals surface area contributed by atoms with Gasteiger partial charge in [0, 0.05) is 6.07 Å². The summed E-state index contributed by atoms with van der Waals surface area (Å²) in [7, 11) is 1.25. The normalized spacial score (nSPS) is 9.94. The molecular weight excluding hydrogens is 224 g/mol. The van der Waals surface area contributed by atoms with E-state index in [1.165, 1.54) is 7.11 Å². The second-order valence-electron chi connectivity index (χ2n) is 2.75. The third-order valence-corrected chi connectivity index (χ3v) is 1.76. The van der Waals surface area contributed by atoms with Crippen LogP contribution < -0.4 is 9.47 Å². The van der Waals surface area contributed by atoms with Gasteiger partial charge in [0.25, 0.3) is 0 Å². The van der Waals surface area contributed by atoms with Gasteiger partial charge in [0.15, 0.2) is 11.5 Å². The summed E-state index contributed by atoms with van der Waals surface area (Å²) in [6.45, 7) is -1.02. The zero-order chi connectivity index (χ0) is 12.1. The highest BCUT2D eigenvalue weighted by molar-refractivity contribution is 5.49. The van der Waals surface area contributed by atoms with Crippen LogP contribution in [0.25, 0.3) is 0 Å². The third-order valence-electron chi connectivity index (χ3n) is 1.76. The van der Waals surface area contributed by atoms with Gasteiger partial charge in [-0.25, -0.2) is 4.39 Å². The van der Waals surface area contributed by atoms with Gasteiger partial charge < -0.3 is 9.47 Å². The lowest BCUT2D eigenvalue weighted by molar-refractivity contribution is -0.387. The summed E-state index contributed by atoms with van der Waals surface area (Å²) >= 11 is 0. The lowest BCUT2D eigenvalue weighted by Gasteiger charge is -2.09. The van der Waals surface area contributed by atoms with E-state index in [0.29, 0.717) is 0 Å². The van der Waals surface area contributed by atoms with Crippen LogP contribution in [0, 0.1) is 15.9 Å². The molecule has 0 saturated heterocycles. The molecule has 1 rings (SSSR count). The molecule has 0 unspecified atom stereocenters. The Balaban J connectivity index is 3.10. The standard InChI is InChI=1S/C9H9F2NO4/c1-15-8-5-7(12(13)14)6(11)4-9(8)16-3-2-10/h4-5H,2-3H2,1H3. The molecule has 1 aromatic carbocycles. The number of hydrogen-bond donors (Lipinski definition) is 0. The number of nitro groups is 1. The molecule has 0 aliphatic rings. The number of alkyl halides is 1. The van der Waals surface area contributed by atoms with Crippen molar-refractivity contribution in [2.45, 2.75) is 0 Å². The Morgan fingerprint density at radius 2 is 2.12 bits per heavy atom. The molecule has 88 valence electrons. The van der Waals surface area contributed by atoms with Crippen LogP contribution in [-0.4, -0.2) is 25.3 Å². The van der Waals surface area contributed by atoms with Crippen molar-refractivity contribution >= 4 is 5.69 Å². The highest BCUT2D eigenvalue weighted by Gasteiger charge is 2.19. The monoisotopic (exact) mass is 233 g/mol. The Hall–Kier alpha value is -1.92. The summed E-state index contributed by atoms with van der Waals surface area (Å²) in [5.74, 6) is -1.13. The molecule has 0 bridgehead atoms. The molecule has 0 aromatic heterocycles. The number of methoxy groups -OCH3 is 1. The molecule has 1 aromatic rings. The number of nitrogens with zero attached hydrogens (tertiary/aromatic N) is 1. The Morgan fingerprint density at radius 3 is 2.62 bits per heavy atom. The minimum absolute atomic E-state index is 0.0125. The summed E-state index contributed by atoms with van der Waals surface area (Å²) in [4.78, 5) is 9.55. The van der Waals surface area contributed by atoms with Crippen molar-refractivity contribution in [3.63, 3.8) is 0 Å². The Kier molecular flexibility index (Phi) is 3.98. The maximum absolute atomic E-state index is 13.2. The molecule has 0 radical (unpaired) electrons. The second-order valence-corrected chi connectivity index (χ2v) is 2.75. The summed E-state index contributed by atoms with van der Waals surface area (Å²) in [5.41, 5.74) is -0.718. The molecule has 0 atom stereocenters. The molecule has 0 saturated carbocycles. The zero-order valence-corrected chi connectivity index (χ0v) is 8.41. The van der Waals surface area contributed by atoms with Gasteiger partial charge in [-0.15, -0.1) is 0 Å². The maximum Gasteiger partial charge on any atom is 0.308 e. The van der Waals surface area contributed by atoms with Crippen molar-refractivity contribution in [3.05, 3.63) is 28.1 Å². The van der Waals surface area contributed by atoms with Gasteiger partial charge in [-0.05, 0) is 0 Å². The highest BCUT2D eigenvalue weighted by atomic mass is 19.1. The van der Waals surface area contributed by atoms with Crippen molar-refractivity contribution in [2.75, 3.05) is 20.4 Å². The van der Waals surface area contributed by atoms with Crippen LogP contribution in [0.4, 0.5) is 14.5 Å². The quantitative estimate of drug-likeness (QED) is 0.577. The number of benzene rings is 1. The summed E-state index contributed by atoms with van der Waals surface area (Å²) in [6, 6.07) is 1.69. The first-order valence-corrected chi connectivity index (χ1v) is 4.30. The first-order valence-electron chi connectivity index (χ1n) is 4.30. The molecule has 7 heteroatoms. The fourth-order valence-electron chi connectivity index (χ4n) is 1.09. The average Bonchev–Trinajstić information content (AvgIpc) is 2.25. The Labute approximate surface area is 89.7 Å². The third kappa shape index (κ3) is 2.56. The van der Waals surface area contributed by atoms with Crippen LogP contribution in [0.3, 0.4) is 0 Å². The molecule has 5 nitrogen and oxygen atoms in total.